The minimum Gasteiger partial charge on any atom is -0.492 e. The average molecular weight is 338 g/mol. The number of nitrogens with one attached hydrogen (secondary N) is 1. The fraction of sp³-hybridized carbons (Fsp3) is 0.400. The van der Waals surface area contributed by atoms with Gasteiger partial charge in [-0.05, 0) is 41.5 Å². The molecule has 5 heteroatoms. The standard InChI is InChI=1S/C15H20BrN3O/c1-3-17-14(11-20-12-8-6-5-7-9-12)15-13(16)10-18-19(15)4-2/h5-10,14,17H,3-4,11H2,1-2H3. The number of likely N-dealkylation sites (N-methyl/N-ethyl adjacent to an activating group) is 1. The van der Waals surface area contributed by atoms with Crippen molar-refractivity contribution in [3.8, 4) is 5.75 Å². The van der Waals surface area contributed by atoms with Crippen LogP contribution in [0, 0.1) is 0 Å². The maximum Gasteiger partial charge on any atom is 0.119 e. The fourth-order valence-electron chi connectivity index (χ4n) is 2.15. The summed E-state index contributed by atoms with van der Waals surface area (Å²) >= 11 is 3.58. The van der Waals surface area contributed by atoms with Crippen molar-refractivity contribution in [1.29, 1.82) is 0 Å². The van der Waals surface area contributed by atoms with E-state index in [0.717, 1.165) is 29.0 Å². The van der Waals surface area contributed by atoms with Crippen LogP contribution in [0.3, 0.4) is 0 Å². The van der Waals surface area contributed by atoms with E-state index < -0.39 is 0 Å². The molecule has 0 bridgehead atoms. The number of ether oxygens (including phenoxy) is 1. The molecule has 4 nitrogen and oxygen atoms in total. The Labute approximate surface area is 128 Å². The molecule has 1 atom stereocenters. The van der Waals surface area contributed by atoms with E-state index in [1.54, 1.807) is 0 Å². The van der Waals surface area contributed by atoms with Gasteiger partial charge in [0.2, 0.25) is 0 Å². The summed E-state index contributed by atoms with van der Waals surface area (Å²) in [4.78, 5) is 0. The molecule has 1 unspecified atom stereocenters. The van der Waals surface area contributed by atoms with Crippen LogP contribution < -0.4 is 10.1 Å². The minimum atomic E-state index is 0.108. The van der Waals surface area contributed by atoms with E-state index in [1.165, 1.54) is 0 Å². The summed E-state index contributed by atoms with van der Waals surface area (Å²) in [5.41, 5.74) is 1.13. The molecule has 0 spiro atoms. The number of hydrogen-bond acceptors (Lipinski definition) is 3. The van der Waals surface area contributed by atoms with Crippen LogP contribution in [-0.4, -0.2) is 22.9 Å². The molecule has 1 heterocycles. The second-order valence-electron chi connectivity index (χ2n) is 4.43. The molecule has 0 aliphatic rings. The first kappa shape index (κ1) is 15.1. The minimum absolute atomic E-state index is 0.108. The van der Waals surface area contributed by atoms with Gasteiger partial charge in [0.15, 0.2) is 0 Å². The van der Waals surface area contributed by atoms with E-state index in [2.05, 4.69) is 40.2 Å². The smallest absolute Gasteiger partial charge is 0.119 e. The van der Waals surface area contributed by atoms with Gasteiger partial charge in [-0.2, -0.15) is 5.10 Å². The van der Waals surface area contributed by atoms with E-state index >= 15 is 0 Å². The lowest BCUT2D eigenvalue weighted by Gasteiger charge is -2.20. The Balaban J connectivity index is 2.12. The first-order chi connectivity index (χ1) is 9.76. The number of aryl methyl sites for hydroxylation is 1. The second-order valence-corrected chi connectivity index (χ2v) is 5.28. The molecule has 20 heavy (non-hydrogen) atoms. The molecule has 0 aliphatic carbocycles. The van der Waals surface area contributed by atoms with Gasteiger partial charge in [-0.1, -0.05) is 25.1 Å². The van der Waals surface area contributed by atoms with Crippen molar-refractivity contribution in [1.82, 2.24) is 15.1 Å². The molecule has 0 fully saturated rings. The molecule has 0 aliphatic heterocycles. The first-order valence-corrected chi connectivity index (χ1v) is 7.68. The van der Waals surface area contributed by atoms with E-state index in [9.17, 15) is 0 Å². The van der Waals surface area contributed by atoms with Crippen molar-refractivity contribution in [2.24, 2.45) is 0 Å². The summed E-state index contributed by atoms with van der Waals surface area (Å²) < 4.78 is 8.88. The molecule has 2 rings (SSSR count). The van der Waals surface area contributed by atoms with E-state index in [-0.39, 0.29) is 6.04 Å². The normalized spacial score (nSPS) is 12.3. The van der Waals surface area contributed by atoms with Gasteiger partial charge < -0.3 is 10.1 Å². The Morgan fingerprint density at radius 2 is 2.05 bits per heavy atom. The summed E-state index contributed by atoms with van der Waals surface area (Å²) in [6.07, 6.45) is 1.84. The van der Waals surface area contributed by atoms with Crippen molar-refractivity contribution >= 4 is 15.9 Å². The van der Waals surface area contributed by atoms with Crippen LogP contribution in [0.5, 0.6) is 5.75 Å². The molecular formula is C15H20BrN3O. The van der Waals surface area contributed by atoms with Crippen LogP contribution in [-0.2, 0) is 6.54 Å². The van der Waals surface area contributed by atoms with Gasteiger partial charge in [-0.25, -0.2) is 0 Å². The maximum atomic E-state index is 5.87. The van der Waals surface area contributed by atoms with Crippen LogP contribution >= 0.6 is 15.9 Å². The molecule has 2 aromatic rings. The maximum absolute atomic E-state index is 5.87. The van der Waals surface area contributed by atoms with Gasteiger partial charge >= 0.3 is 0 Å². The first-order valence-electron chi connectivity index (χ1n) is 6.88. The van der Waals surface area contributed by atoms with Crippen LogP contribution in [0.1, 0.15) is 25.6 Å². The van der Waals surface area contributed by atoms with Gasteiger partial charge in [0.05, 0.1) is 22.4 Å². The highest BCUT2D eigenvalue weighted by Gasteiger charge is 2.19. The van der Waals surface area contributed by atoms with Gasteiger partial charge in [-0.15, -0.1) is 0 Å². The second kappa shape index (κ2) is 7.45. The average Bonchev–Trinajstić information content (AvgIpc) is 2.85. The lowest BCUT2D eigenvalue weighted by atomic mass is 10.2. The Kier molecular flexibility index (Phi) is 5.61. The van der Waals surface area contributed by atoms with Crippen molar-refractivity contribution in [3.05, 3.63) is 46.7 Å². The lowest BCUT2D eigenvalue weighted by Crippen LogP contribution is -2.29. The molecular weight excluding hydrogens is 318 g/mol. The topological polar surface area (TPSA) is 39.1 Å². The van der Waals surface area contributed by atoms with Gasteiger partial charge in [-0.3, -0.25) is 4.68 Å². The van der Waals surface area contributed by atoms with Crippen molar-refractivity contribution in [2.75, 3.05) is 13.2 Å². The lowest BCUT2D eigenvalue weighted by molar-refractivity contribution is 0.260. The van der Waals surface area contributed by atoms with Gasteiger partial charge in [0.1, 0.15) is 12.4 Å². The Morgan fingerprint density at radius 1 is 1.30 bits per heavy atom. The summed E-state index contributed by atoms with van der Waals surface area (Å²) in [5, 5.41) is 7.82. The van der Waals surface area contributed by atoms with Crippen LogP contribution in [0.2, 0.25) is 0 Å². The quantitative estimate of drug-likeness (QED) is 0.841. The van der Waals surface area contributed by atoms with Crippen LogP contribution in [0.15, 0.2) is 41.0 Å². The largest absolute Gasteiger partial charge is 0.492 e. The molecule has 108 valence electrons. The zero-order valence-corrected chi connectivity index (χ0v) is 13.4. The number of nitrogens with zero attached hydrogens (tertiary/aromatic N) is 2. The molecule has 0 amide bonds. The molecule has 1 aromatic carbocycles. The van der Waals surface area contributed by atoms with Gasteiger partial charge in [0, 0.05) is 6.54 Å². The number of benzene rings is 1. The SMILES string of the molecule is CCNC(COc1ccccc1)c1c(Br)cnn1CC. The highest BCUT2D eigenvalue weighted by molar-refractivity contribution is 9.10. The summed E-state index contributed by atoms with van der Waals surface area (Å²) in [6.45, 7) is 6.47. The number of hydrogen-bond donors (Lipinski definition) is 1. The Hall–Kier alpha value is -1.33. The molecule has 0 radical (unpaired) electrons. The monoisotopic (exact) mass is 337 g/mol. The molecule has 0 saturated heterocycles. The van der Waals surface area contributed by atoms with Crippen molar-refractivity contribution < 1.29 is 4.74 Å². The predicted octanol–water partition coefficient (Wildman–Crippen LogP) is 3.40. The third-order valence-electron chi connectivity index (χ3n) is 3.07. The van der Waals surface area contributed by atoms with E-state index in [0.29, 0.717) is 6.61 Å². The zero-order chi connectivity index (χ0) is 14.4. The zero-order valence-electron chi connectivity index (χ0n) is 11.8. The van der Waals surface area contributed by atoms with Crippen molar-refractivity contribution in [3.63, 3.8) is 0 Å². The number of rotatable bonds is 7. The van der Waals surface area contributed by atoms with Crippen molar-refractivity contribution in [2.45, 2.75) is 26.4 Å². The highest BCUT2D eigenvalue weighted by Crippen LogP contribution is 2.24. The molecule has 1 aromatic heterocycles. The number of halogens is 1. The highest BCUT2D eigenvalue weighted by atomic mass is 79.9. The predicted molar refractivity (Wildman–Crippen MR) is 84.0 cm³/mol. The summed E-state index contributed by atoms with van der Waals surface area (Å²) in [5.74, 6) is 0.883. The summed E-state index contributed by atoms with van der Waals surface area (Å²) in [6, 6.07) is 9.98. The molecule has 1 N–H and O–H groups in total. The van der Waals surface area contributed by atoms with E-state index in [4.69, 9.17) is 4.74 Å². The third-order valence-corrected chi connectivity index (χ3v) is 3.68. The van der Waals surface area contributed by atoms with Crippen LogP contribution in [0.25, 0.3) is 0 Å². The van der Waals surface area contributed by atoms with E-state index in [1.807, 2.05) is 41.2 Å². The number of aromatic nitrogens is 2. The third kappa shape index (κ3) is 3.61. The Bertz CT molecular complexity index is 527. The van der Waals surface area contributed by atoms with Crippen LogP contribution in [0.4, 0.5) is 0 Å². The summed E-state index contributed by atoms with van der Waals surface area (Å²) in [7, 11) is 0. The van der Waals surface area contributed by atoms with Gasteiger partial charge in [0.25, 0.3) is 0 Å². The molecule has 0 saturated carbocycles. The fourth-order valence-corrected chi connectivity index (χ4v) is 2.72. The number of para-hydroxylation sites is 1. The Morgan fingerprint density at radius 3 is 2.70 bits per heavy atom.